The molecule has 0 aliphatic heterocycles. The summed E-state index contributed by atoms with van der Waals surface area (Å²) in [6.07, 6.45) is 0.719. The quantitative estimate of drug-likeness (QED) is 0.887. The summed E-state index contributed by atoms with van der Waals surface area (Å²) >= 11 is 0. The molecule has 0 aliphatic carbocycles. The predicted octanol–water partition coefficient (Wildman–Crippen LogP) is 2.37. The maximum absolute atomic E-state index is 13.4. The Bertz CT molecular complexity index is 779. The molecule has 0 aromatic heterocycles. The molecule has 6 heteroatoms. The molecular weight excluding hydrogens is 297 g/mol. The van der Waals surface area contributed by atoms with Crippen LogP contribution in [0.2, 0.25) is 0 Å². The smallest absolute Gasteiger partial charge is 0.251 e. The van der Waals surface area contributed by atoms with Gasteiger partial charge >= 0.3 is 0 Å². The van der Waals surface area contributed by atoms with E-state index in [9.17, 15) is 14.0 Å². The highest BCUT2D eigenvalue weighted by Gasteiger charge is 2.10. The summed E-state index contributed by atoms with van der Waals surface area (Å²) < 4.78 is 13.4. The third-order valence-corrected chi connectivity index (χ3v) is 3.24. The number of rotatable bonds is 5. The lowest BCUT2D eigenvalue weighted by Gasteiger charge is -2.07. The van der Waals surface area contributed by atoms with Crippen LogP contribution in [0.4, 0.5) is 10.1 Å². The number of nitrogens with zero attached hydrogens (tertiary/aromatic N) is 1. The van der Waals surface area contributed by atoms with Crippen molar-refractivity contribution in [2.75, 3.05) is 5.32 Å². The molecule has 2 aromatic carbocycles. The van der Waals surface area contributed by atoms with Crippen molar-refractivity contribution in [1.29, 1.82) is 5.26 Å². The zero-order valence-corrected chi connectivity index (χ0v) is 12.2. The predicted molar refractivity (Wildman–Crippen MR) is 83.0 cm³/mol. The highest BCUT2D eigenvalue weighted by atomic mass is 19.1. The molecule has 5 nitrogen and oxygen atoms in total. The summed E-state index contributed by atoms with van der Waals surface area (Å²) in [4.78, 5) is 23.0. The molecule has 0 aliphatic rings. The van der Waals surface area contributed by atoms with E-state index in [4.69, 9.17) is 11.0 Å². The third kappa shape index (κ3) is 4.38. The molecule has 0 unspecified atom stereocenters. The zero-order chi connectivity index (χ0) is 16.8. The van der Waals surface area contributed by atoms with Gasteiger partial charge in [-0.15, -0.1) is 0 Å². The van der Waals surface area contributed by atoms with Gasteiger partial charge in [-0.1, -0.05) is 12.1 Å². The molecule has 116 valence electrons. The number of carbonyl (C=O) groups is 2. The first-order valence-corrected chi connectivity index (χ1v) is 6.88. The first-order chi connectivity index (χ1) is 11.0. The second kappa shape index (κ2) is 7.18. The number of amides is 2. The monoisotopic (exact) mass is 311 g/mol. The van der Waals surface area contributed by atoms with Crippen molar-refractivity contribution in [3.8, 4) is 6.07 Å². The van der Waals surface area contributed by atoms with Gasteiger partial charge in [-0.2, -0.15) is 5.26 Å². The minimum atomic E-state index is -0.892. The van der Waals surface area contributed by atoms with Gasteiger partial charge in [-0.3, -0.25) is 9.59 Å². The Hall–Kier alpha value is -3.20. The number of nitrogens with two attached hydrogens (primary N) is 1. The minimum absolute atomic E-state index is 0.217. The fourth-order valence-electron chi connectivity index (χ4n) is 2.02. The van der Waals surface area contributed by atoms with Crippen molar-refractivity contribution in [3.63, 3.8) is 0 Å². The van der Waals surface area contributed by atoms with E-state index >= 15 is 0 Å². The average molecular weight is 311 g/mol. The molecule has 0 atom stereocenters. The van der Waals surface area contributed by atoms with Crippen molar-refractivity contribution in [1.82, 2.24) is 0 Å². The number of aryl methyl sites for hydroxylation is 1. The van der Waals surface area contributed by atoms with Crippen LogP contribution in [0, 0.1) is 17.1 Å². The molecule has 3 N–H and O–H groups in total. The number of primary amides is 1. The highest BCUT2D eigenvalue weighted by molar-refractivity contribution is 5.96. The van der Waals surface area contributed by atoms with Crippen molar-refractivity contribution >= 4 is 17.5 Å². The summed E-state index contributed by atoms with van der Waals surface area (Å²) in [6, 6.07) is 12.6. The molecule has 0 saturated carbocycles. The summed E-state index contributed by atoms with van der Waals surface area (Å²) in [5, 5.41) is 11.3. The van der Waals surface area contributed by atoms with Gasteiger partial charge in [0.1, 0.15) is 5.82 Å². The van der Waals surface area contributed by atoms with Gasteiger partial charge in [0.05, 0.1) is 17.2 Å². The maximum Gasteiger partial charge on any atom is 0.251 e. The topological polar surface area (TPSA) is 96.0 Å². The Morgan fingerprint density at radius 1 is 1.17 bits per heavy atom. The number of anilines is 1. The normalized spacial score (nSPS) is 9.91. The standard InChI is InChI=1S/C17H14FN3O2/c18-15-7-6-13(9-14(15)17(20)23)21-16(22)8-5-11-1-3-12(10-19)4-2-11/h1-4,6-7,9H,5,8H2,(H2,20,23)(H,21,22). The zero-order valence-electron chi connectivity index (χ0n) is 12.2. The van der Waals surface area contributed by atoms with Crippen molar-refractivity contribution in [2.24, 2.45) is 5.73 Å². The lowest BCUT2D eigenvalue weighted by atomic mass is 10.1. The molecular formula is C17H14FN3O2. The molecule has 0 bridgehead atoms. The number of halogens is 1. The second-order valence-electron chi connectivity index (χ2n) is 4.92. The fourth-order valence-corrected chi connectivity index (χ4v) is 2.02. The number of nitrogens with one attached hydrogen (secondary N) is 1. The van der Waals surface area contributed by atoms with Crippen LogP contribution in [-0.4, -0.2) is 11.8 Å². The van der Waals surface area contributed by atoms with Gasteiger partial charge in [0, 0.05) is 12.1 Å². The number of carbonyl (C=O) groups excluding carboxylic acids is 2. The van der Waals surface area contributed by atoms with E-state index in [-0.39, 0.29) is 17.9 Å². The van der Waals surface area contributed by atoms with E-state index in [1.807, 2.05) is 6.07 Å². The Morgan fingerprint density at radius 3 is 2.48 bits per heavy atom. The fraction of sp³-hybridized carbons (Fsp3) is 0.118. The molecule has 0 radical (unpaired) electrons. The van der Waals surface area contributed by atoms with E-state index in [2.05, 4.69) is 5.32 Å². The van der Waals surface area contributed by atoms with Crippen LogP contribution in [0.5, 0.6) is 0 Å². The lowest BCUT2D eigenvalue weighted by molar-refractivity contribution is -0.116. The van der Waals surface area contributed by atoms with Crippen LogP contribution in [-0.2, 0) is 11.2 Å². The minimum Gasteiger partial charge on any atom is -0.366 e. The van der Waals surface area contributed by atoms with Gasteiger partial charge in [-0.25, -0.2) is 4.39 Å². The van der Waals surface area contributed by atoms with Crippen LogP contribution in [0.15, 0.2) is 42.5 Å². The van der Waals surface area contributed by atoms with E-state index in [1.165, 1.54) is 12.1 Å². The molecule has 0 saturated heterocycles. The number of hydrogen-bond donors (Lipinski definition) is 2. The summed E-state index contributed by atoms with van der Waals surface area (Å²) in [7, 11) is 0. The van der Waals surface area contributed by atoms with Gasteiger partial charge < -0.3 is 11.1 Å². The Balaban J connectivity index is 1.95. The number of hydrogen-bond acceptors (Lipinski definition) is 3. The molecule has 0 spiro atoms. The SMILES string of the molecule is N#Cc1ccc(CCC(=O)Nc2ccc(F)c(C(N)=O)c2)cc1. The third-order valence-electron chi connectivity index (χ3n) is 3.24. The molecule has 23 heavy (non-hydrogen) atoms. The van der Waals surface area contributed by atoms with Crippen molar-refractivity contribution in [2.45, 2.75) is 12.8 Å². The molecule has 0 fully saturated rings. The maximum atomic E-state index is 13.4. The molecule has 2 rings (SSSR count). The van der Waals surface area contributed by atoms with Gasteiger partial charge in [0.2, 0.25) is 5.91 Å². The van der Waals surface area contributed by atoms with E-state index in [0.29, 0.717) is 17.7 Å². The van der Waals surface area contributed by atoms with Gasteiger partial charge in [0.25, 0.3) is 5.91 Å². The first kappa shape index (κ1) is 16.2. The largest absolute Gasteiger partial charge is 0.366 e. The first-order valence-electron chi connectivity index (χ1n) is 6.88. The lowest BCUT2D eigenvalue weighted by Crippen LogP contribution is -2.16. The van der Waals surface area contributed by atoms with E-state index in [0.717, 1.165) is 11.6 Å². The summed E-state index contributed by atoms with van der Waals surface area (Å²) in [5.74, 6) is -1.89. The van der Waals surface area contributed by atoms with Crippen molar-refractivity contribution in [3.05, 3.63) is 65.0 Å². The molecule has 0 heterocycles. The van der Waals surface area contributed by atoms with E-state index in [1.54, 1.807) is 24.3 Å². The van der Waals surface area contributed by atoms with Crippen LogP contribution < -0.4 is 11.1 Å². The second-order valence-corrected chi connectivity index (χ2v) is 4.92. The van der Waals surface area contributed by atoms with Crippen LogP contribution in [0.1, 0.15) is 27.9 Å². The molecule has 2 aromatic rings. The van der Waals surface area contributed by atoms with Gasteiger partial charge in [0.15, 0.2) is 0 Å². The average Bonchev–Trinajstić information content (AvgIpc) is 2.55. The summed E-state index contributed by atoms with van der Waals surface area (Å²) in [5.41, 5.74) is 6.59. The molecule has 2 amide bonds. The number of benzene rings is 2. The number of nitriles is 1. The highest BCUT2D eigenvalue weighted by Crippen LogP contribution is 2.15. The van der Waals surface area contributed by atoms with E-state index < -0.39 is 11.7 Å². The van der Waals surface area contributed by atoms with Crippen molar-refractivity contribution < 1.29 is 14.0 Å². The Kier molecular flexibility index (Phi) is 5.05. The van der Waals surface area contributed by atoms with Gasteiger partial charge in [-0.05, 0) is 42.3 Å². The van der Waals surface area contributed by atoms with Crippen LogP contribution in [0.3, 0.4) is 0 Å². The van der Waals surface area contributed by atoms with Crippen LogP contribution in [0.25, 0.3) is 0 Å². The Morgan fingerprint density at radius 2 is 1.87 bits per heavy atom. The Labute approximate surface area is 132 Å². The van der Waals surface area contributed by atoms with Crippen LogP contribution >= 0.6 is 0 Å². The summed E-state index contributed by atoms with van der Waals surface area (Å²) in [6.45, 7) is 0.